The van der Waals surface area contributed by atoms with Crippen LogP contribution in [-0.2, 0) is 24.3 Å². The van der Waals surface area contributed by atoms with Crippen LogP contribution in [0.25, 0.3) is 0 Å². The summed E-state index contributed by atoms with van der Waals surface area (Å²) in [6.07, 6.45) is 1.37. The van der Waals surface area contributed by atoms with E-state index in [0.717, 1.165) is 12.1 Å². The van der Waals surface area contributed by atoms with E-state index in [-0.39, 0.29) is 30.4 Å². The maximum absolute atomic E-state index is 13.0. The van der Waals surface area contributed by atoms with E-state index in [1.165, 1.54) is 19.2 Å². The first-order valence-electron chi connectivity index (χ1n) is 9.96. The molecule has 0 saturated carbocycles. The first-order valence-corrected chi connectivity index (χ1v) is 11.4. The number of aromatic nitrogens is 2. The SMILES string of the molecule is CCOC(=O)/C(C#N)=N/Nc1ccc(C(=O)OCC)c(S(=O)(=O)NC(=O)Nc2nccc(C)n2)c1. The molecule has 184 valence electrons. The van der Waals surface area contributed by atoms with E-state index in [9.17, 15) is 22.8 Å². The van der Waals surface area contributed by atoms with E-state index in [0.29, 0.717) is 5.69 Å². The van der Waals surface area contributed by atoms with E-state index in [1.807, 2.05) is 0 Å². The highest BCUT2D eigenvalue weighted by molar-refractivity contribution is 7.90. The summed E-state index contributed by atoms with van der Waals surface area (Å²) in [6, 6.07) is 5.28. The van der Waals surface area contributed by atoms with Crippen LogP contribution in [0.1, 0.15) is 29.9 Å². The Morgan fingerprint density at radius 2 is 1.86 bits per heavy atom. The van der Waals surface area contributed by atoms with Crippen LogP contribution >= 0.6 is 0 Å². The lowest BCUT2D eigenvalue weighted by Gasteiger charge is -2.13. The number of nitrogens with zero attached hydrogens (tertiary/aromatic N) is 4. The molecule has 0 saturated heterocycles. The first kappa shape index (κ1) is 26.7. The number of carbonyl (C=O) groups is 3. The molecule has 15 heteroatoms. The van der Waals surface area contributed by atoms with E-state index in [4.69, 9.17) is 10.00 Å². The Bertz CT molecular complexity index is 1300. The summed E-state index contributed by atoms with van der Waals surface area (Å²) >= 11 is 0. The van der Waals surface area contributed by atoms with Crippen molar-refractivity contribution in [3.05, 3.63) is 41.7 Å². The predicted octanol–water partition coefficient (Wildman–Crippen LogP) is 1.33. The Hall–Kier alpha value is -4.58. The summed E-state index contributed by atoms with van der Waals surface area (Å²) < 4.78 is 37.2. The number of nitrogens with one attached hydrogen (secondary N) is 3. The third-order valence-electron chi connectivity index (χ3n) is 3.89. The van der Waals surface area contributed by atoms with Crippen molar-refractivity contribution in [1.82, 2.24) is 14.7 Å². The number of hydrogen-bond donors (Lipinski definition) is 3. The molecule has 0 aliphatic heterocycles. The Kier molecular flexibility index (Phi) is 9.18. The number of rotatable bonds is 9. The van der Waals surface area contributed by atoms with E-state index < -0.39 is 38.6 Å². The highest BCUT2D eigenvalue weighted by Gasteiger charge is 2.26. The van der Waals surface area contributed by atoms with Crippen LogP contribution in [0.5, 0.6) is 0 Å². The molecule has 3 N–H and O–H groups in total. The van der Waals surface area contributed by atoms with Gasteiger partial charge in [-0.2, -0.15) is 10.4 Å². The molecule has 1 aromatic heterocycles. The molecule has 0 radical (unpaired) electrons. The second-order valence-corrected chi connectivity index (χ2v) is 8.07. The van der Waals surface area contributed by atoms with Gasteiger partial charge in [-0.3, -0.25) is 10.7 Å². The Balaban J connectivity index is 2.38. The number of amides is 2. The van der Waals surface area contributed by atoms with Crippen molar-refractivity contribution in [3.63, 3.8) is 0 Å². The first-order chi connectivity index (χ1) is 16.6. The van der Waals surface area contributed by atoms with E-state index in [2.05, 4.69) is 30.5 Å². The number of hydrazone groups is 1. The molecule has 0 aliphatic carbocycles. The minimum atomic E-state index is -4.64. The van der Waals surface area contributed by atoms with Crippen molar-refractivity contribution >= 4 is 45.3 Å². The van der Waals surface area contributed by atoms with Crippen LogP contribution < -0.4 is 15.5 Å². The van der Waals surface area contributed by atoms with Gasteiger partial charge in [-0.1, -0.05) is 0 Å². The van der Waals surface area contributed by atoms with E-state index >= 15 is 0 Å². The van der Waals surface area contributed by atoms with Crippen molar-refractivity contribution < 1.29 is 32.3 Å². The molecule has 1 aromatic carbocycles. The number of urea groups is 1. The molecular formula is C20H21N7O7S. The van der Waals surface area contributed by atoms with Crippen molar-refractivity contribution in [2.24, 2.45) is 5.10 Å². The zero-order chi connectivity index (χ0) is 26.0. The van der Waals surface area contributed by atoms with Crippen molar-refractivity contribution in [1.29, 1.82) is 5.26 Å². The quantitative estimate of drug-likeness (QED) is 0.253. The molecule has 0 spiro atoms. The minimum absolute atomic E-state index is 0.0114. The van der Waals surface area contributed by atoms with E-state index in [1.54, 1.807) is 30.7 Å². The third-order valence-corrected chi connectivity index (χ3v) is 5.26. The number of benzene rings is 1. The predicted molar refractivity (Wildman–Crippen MR) is 122 cm³/mol. The monoisotopic (exact) mass is 503 g/mol. The smallest absolute Gasteiger partial charge is 0.369 e. The number of esters is 2. The largest absolute Gasteiger partial charge is 0.462 e. The summed E-state index contributed by atoms with van der Waals surface area (Å²) in [5.41, 5.74) is 1.85. The average Bonchev–Trinajstić information content (AvgIpc) is 2.79. The van der Waals surface area contributed by atoms with Gasteiger partial charge in [0.05, 0.1) is 24.5 Å². The van der Waals surface area contributed by atoms with Gasteiger partial charge in [0.2, 0.25) is 11.7 Å². The summed E-state index contributed by atoms with van der Waals surface area (Å²) in [4.78, 5) is 43.4. The second kappa shape index (κ2) is 12.0. The second-order valence-electron chi connectivity index (χ2n) is 6.42. The Labute approximate surface area is 200 Å². The number of hydrogen-bond acceptors (Lipinski definition) is 12. The van der Waals surface area contributed by atoms with Crippen LogP contribution in [-0.4, -0.2) is 55.3 Å². The molecule has 2 aromatic rings. The molecular weight excluding hydrogens is 482 g/mol. The van der Waals surface area contributed by atoms with Crippen LogP contribution in [0.2, 0.25) is 0 Å². The van der Waals surface area contributed by atoms with Gasteiger partial charge in [0, 0.05) is 11.9 Å². The minimum Gasteiger partial charge on any atom is -0.462 e. The average molecular weight is 503 g/mol. The topological polar surface area (TPSA) is 202 Å². The Morgan fingerprint density at radius 3 is 2.49 bits per heavy atom. The lowest BCUT2D eigenvalue weighted by molar-refractivity contribution is -0.134. The molecule has 14 nitrogen and oxygen atoms in total. The fourth-order valence-electron chi connectivity index (χ4n) is 2.44. The fraction of sp³-hybridized carbons (Fsp3) is 0.250. The van der Waals surface area contributed by atoms with Crippen molar-refractivity contribution in [2.45, 2.75) is 25.7 Å². The zero-order valence-corrected chi connectivity index (χ0v) is 19.7. The number of ether oxygens (including phenoxy) is 2. The van der Waals surface area contributed by atoms with Crippen LogP contribution in [0.15, 0.2) is 40.5 Å². The molecule has 0 fully saturated rings. The Morgan fingerprint density at radius 1 is 1.14 bits per heavy atom. The van der Waals surface area contributed by atoms with Gasteiger partial charge < -0.3 is 9.47 Å². The lowest BCUT2D eigenvalue weighted by Crippen LogP contribution is -2.35. The number of nitriles is 1. The van der Waals surface area contributed by atoms with Gasteiger partial charge in [0.15, 0.2) is 0 Å². The lowest BCUT2D eigenvalue weighted by atomic mass is 10.2. The number of carbonyl (C=O) groups excluding carboxylic acids is 3. The number of anilines is 2. The molecule has 2 amide bonds. The number of aryl methyl sites for hydroxylation is 1. The van der Waals surface area contributed by atoms with Gasteiger partial charge in [-0.15, -0.1) is 0 Å². The summed E-state index contributed by atoms with van der Waals surface area (Å²) in [7, 11) is -4.64. The molecule has 0 bridgehead atoms. The fourth-order valence-corrected chi connectivity index (χ4v) is 3.57. The van der Waals surface area contributed by atoms with Gasteiger partial charge in [-0.05, 0) is 45.0 Å². The molecule has 0 aliphatic rings. The normalized spacial score (nSPS) is 11.1. The molecule has 0 atom stereocenters. The molecule has 1 heterocycles. The number of sulfonamides is 1. The van der Waals surface area contributed by atoms with Gasteiger partial charge >= 0.3 is 18.0 Å². The zero-order valence-electron chi connectivity index (χ0n) is 18.9. The highest BCUT2D eigenvalue weighted by Crippen LogP contribution is 2.22. The highest BCUT2D eigenvalue weighted by atomic mass is 32.2. The maximum Gasteiger partial charge on any atom is 0.369 e. The standard InChI is InChI=1S/C20H21N7O7S/c1-4-33-17(28)14-7-6-13(25-26-15(11-21)18(29)34-5-2)10-16(14)35(31,32)27-20(30)24-19-22-9-8-12(3)23-19/h6-10,25H,4-5H2,1-3H3,(H2,22,23,24,27,30)/b26-15+. The van der Waals surface area contributed by atoms with Crippen LogP contribution in [0.4, 0.5) is 16.4 Å². The van der Waals surface area contributed by atoms with Gasteiger partial charge in [0.25, 0.3) is 10.0 Å². The molecule has 2 rings (SSSR count). The maximum atomic E-state index is 13.0. The van der Waals surface area contributed by atoms with Gasteiger partial charge in [0.1, 0.15) is 11.0 Å². The van der Waals surface area contributed by atoms with Gasteiger partial charge in [-0.25, -0.2) is 37.5 Å². The van der Waals surface area contributed by atoms with Crippen LogP contribution in [0.3, 0.4) is 0 Å². The van der Waals surface area contributed by atoms with Crippen molar-refractivity contribution in [3.8, 4) is 6.07 Å². The van der Waals surface area contributed by atoms with Crippen molar-refractivity contribution in [2.75, 3.05) is 24.0 Å². The summed E-state index contributed by atoms with van der Waals surface area (Å²) in [6.45, 7) is 4.69. The molecule has 35 heavy (non-hydrogen) atoms. The molecule has 0 unspecified atom stereocenters. The summed E-state index contributed by atoms with van der Waals surface area (Å²) in [5.74, 6) is -2.10. The third kappa shape index (κ3) is 7.47. The summed E-state index contributed by atoms with van der Waals surface area (Å²) in [5, 5.41) is 14.8. The van der Waals surface area contributed by atoms with Crippen LogP contribution in [0, 0.1) is 18.3 Å².